The smallest absolute Gasteiger partial charge is 0.162 e. The Kier molecular flexibility index (Phi) is 5.69. The maximum atomic E-state index is 11.7. The number of anilines is 1. The summed E-state index contributed by atoms with van der Waals surface area (Å²) in [6.07, 6.45) is 2.41. The highest BCUT2D eigenvalue weighted by Crippen LogP contribution is 2.23. The average Bonchev–Trinajstić information content (AvgIpc) is 2.31. The lowest BCUT2D eigenvalue weighted by Crippen LogP contribution is -2.05. The van der Waals surface area contributed by atoms with E-state index in [1.807, 2.05) is 6.92 Å². The predicted molar refractivity (Wildman–Crippen MR) is 75.0 cm³/mol. The Morgan fingerprint density at radius 1 is 1.39 bits per heavy atom. The van der Waals surface area contributed by atoms with Crippen LogP contribution < -0.4 is 10.5 Å². The van der Waals surface area contributed by atoms with Crippen LogP contribution in [0.25, 0.3) is 0 Å². The molecule has 0 atom stereocenters. The Labute approximate surface area is 109 Å². The van der Waals surface area contributed by atoms with Crippen molar-refractivity contribution in [3.8, 4) is 5.75 Å². The van der Waals surface area contributed by atoms with Crippen LogP contribution in [0.5, 0.6) is 5.75 Å². The van der Waals surface area contributed by atoms with Crippen LogP contribution in [0.2, 0.25) is 0 Å². The second kappa shape index (κ2) is 7.04. The third-order valence-electron chi connectivity index (χ3n) is 2.76. The zero-order valence-electron chi connectivity index (χ0n) is 11.5. The van der Waals surface area contributed by atoms with Gasteiger partial charge in [-0.15, -0.1) is 0 Å². The van der Waals surface area contributed by atoms with Gasteiger partial charge in [0.2, 0.25) is 0 Å². The first-order valence-corrected chi connectivity index (χ1v) is 6.60. The normalized spacial score (nSPS) is 10.7. The molecule has 0 bridgehead atoms. The van der Waals surface area contributed by atoms with E-state index < -0.39 is 0 Å². The highest BCUT2D eigenvalue weighted by molar-refractivity contribution is 5.97. The van der Waals surface area contributed by atoms with Crippen molar-refractivity contribution in [2.24, 2.45) is 5.92 Å². The van der Waals surface area contributed by atoms with Crippen molar-refractivity contribution >= 4 is 11.5 Å². The first-order chi connectivity index (χ1) is 8.54. The number of carbonyl (C=O) groups is 1. The molecule has 0 heterocycles. The molecule has 0 amide bonds. The van der Waals surface area contributed by atoms with Gasteiger partial charge in [-0.1, -0.05) is 20.8 Å². The molecule has 0 aliphatic heterocycles. The zero-order valence-corrected chi connectivity index (χ0v) is 11.5. The number of Topliss-reactive ketones (excluding diaryl/α,β-unsaturated/α-hetero) is 1. The molecule has 1 aromatic carbocycles. The molecule has 100 valence electrons. The van der Waals surface area contributed by atoms with Gasteiger partial charge in [0.1, 0.15) is 5.75 Å². The van der Waals surface area contributed by atoms with Crippen molar-refractivity contribution < 1.29 is 9.53 Å². The molecular weight excluding hydrogens is 226 g/mol. The summed E-state index contributed by atoms with van der Waals surface area (Å²) in [6, 6.07) is 5.29. The van der Waals surface area contributed by atoms with E-state index in [0.29, 0.717) is 35.9 Å². The Bertz CT molecular complexity index is 399. The maximum Gasteiger partial charge on any atom is 0.162 e. The number of hydrogen-bond donors (Lipinski definition) is 1. The first-order valence-electron chi connectivity index (χ1n) is 6.60. The van der Waals surface area contributed by atoms with E-state index >= 15 is 0 Å². The van der Waals surface area contributed by atoms with Crippen LogP contribution in [0.15, 0.2) is 18.2 Å². The number of rotatable bonds is 7. The third kappa shape index (κ3) is 4.40. The zero-order chi connectivity index (χ0) is 13.5. The van der Waals surface area contributed by atoms with Gasteiger partial charge in [0.15, 0.2) is 5.78 Å². The molecule has 18 heavy (non-hydrogen) atoms. The lowest BCUT2D eigenvalue weighted by molar-refractivity contribution is 0.0982. The summed E-state index contributed by atoms with van der Waals surface area (Å²) in [5.74, 6) is 1.42. The highest BCUT2D eigenvalue weighted by atomic mass is 16.5. The van der Waals surface area contributed by atoms with Crippen molar-refractivity contribution in [2.75, 3.05) is 12.3 Å². The number of benzene rings is 1. The van der Waals surface area contributed by atoms with Gasteiger partial charge in [-0.3, -0.25) is 4.79 Å². The highest BCUT2D eigenvalue weighted by Gasteiger charge is 2.08. The molecule has 0 aliphatic rings. The van der Waals surface area contributed by atoms with Gasteiger partial charge in [-0.2, -0.15) is 0 Å². The molecule has 1 aromatic rings. The lowest BCUT2D eigenvalue weighted by atomic mass is 10.1. The molecule has 1 rings (SSSR count). The third-order valence-corrected chi connectivity index (χ3v) is 2.76. The van der Waals surface area contributed by atoms with Crippen LogP contribution in [0.4, 0.5) is 5.69 Å². The molecule has 0 aliphatic carbocycles. The Balaban J connectivity index is 2.65. The number of nitrogens with two attached hydrogens (primary N) is 1. The van der Waals surface area contributed by atoms with Crippen LogP contribution in [-0.2, 0) is 0 Å². The fraction of sp³-hybridized carbons (Fsp3) is 0.533. The average molecular weight is 249 g/mol. The molecular formula is C15H23NO2. The summed E-state index contributed by atoms with van der Waals surface area (Å²) < 4.78 is 5.61. The van der Waals surface area contributed by atoms with Crippen LogP contribution in [-0.4, -0.2) is 12.4 Å². The summed E-state index contributed by atoms with van der Waals surface area (Å²) in [5.41, 5.74) is 7.11. The number of ether oxygens (including phenoxy) is 1. The van der Waals surface area contributed by atoms with E-state index in [0.717, 1.165) is 12.8 Å². The molecule has 3 nitrogen and oxygen atoms in total. The molecule has 0 spiro atoms. The van der Waals surface area contributed by atoms with Crippen molar-refractivity contribution in [2.45, 2.75) is 40.0 Å². The predicted octanol–water partition coefficient (Wildman–Crippen LogP) is 3.68. The molecule has 0 radical (unpaired) electrons. The minimum absolute atomic E-state index is 0.137. The van der Waals surface area contributed by atoms with E-state index in [-0.39, 0.29) is 5.78 Å². The molecule has 0 unspecified atom stereocenters. The van der Waals surface area contributed by atoms with Gasteiger partial charge in [0.05, 0.1) is 12.3 Å². The quantitative estimate of drug-likeness (QED) is 0.592. The van der Waals surface area contributed by atoms with E-state index in [1.165, 1.54) is 0 Å². The van der Waals surface area contributed by atoms with Gasteiger partial charge in [0, 0.05) is 12.0 Å². The molecule has 3 heteroatoms. The SMILES string of the molecule is CCCC(=O)c1ccc(OCCC(C)C)c(N)c1. The van der Waals surface area contributed by atoms with Gasteiger partial charge in [-0.05, 0) is 37.0 Å². The van der Waals surface area contributed by atoms with Crippen molar-refractivity contribution in [3.63, 3.8) is 0 Å². The summed E-state index contributed by atoms with van der Waals surface area (Å²) in [4.78, 5) is 11.7. The maximum absolute atomic E-state index is 11.7. The van der Waals surface area contributed by atoms with Gasteiger partial charge >= 0.3 is 0 Å². The van der Waals surface area contributed by atoms with Crippen molar-refractivity contribution in [1.29, 1.82) is 0 Å². The minimum atomic E-state index is 0.137. The van der Waals surface area contributed by atoms with E-state index in [1.54, 1.807) is 18.2 Å². The second-order valence-corrected chi connectivity index (χ2v) is 4.96. The molecule has 0 saturated heterocycles. The fourth-order valence-corrected chi connectivity index (χ4v) is 1.63. The van der Waals surface area contributed by atoms with Gasteiger partial charge in [0.25, 0.3) is 0 Å². The van der Waals surface area contributed by atoms with E-state index in [2.05, 4.69) is 13.8 Å². The Hall–Kier alpha value is -1.51. The van der Waals surface area contributed by atoms with Crippen LogP contribution in [0.1, 0.15) is 50.4 Å². The van der Waals surface area contributed by atoms with E-state index in [4.69, 9.17) is 10.5 Å². The van der Waals surface area contributed by atoms with Crippen molar-refractivity contribution in [1.82, 2.24) is 0 Å². The number of nitrogen functional groups attached to an aromatic ring is 1. The van der Waals surface area contributed by atoms with Crippen LogP contribution >= 0.6 is 0 Å². The Morgan fingerprint density at radius 2 is 2.11 bits per heavy atom. The largest absolute Gasteiger partial charge is 0.491 e. The van der Waals surface area contributed by atoms with Gasteiger partial charge in [-0.25, -0.2) is 0 Å². The lowest BCUT2D eigenvalue weighted by Gasteiger charge is -2.11. The first kappa shape index (κ1) is 14.6. The summed E-state index contributed by atoms with van der Waals surface area (Å²) in [7, 11) is 0. The standard InChI is InChI=1S/C15H23NO2/c1-4-5-14(17)12-6-7-15(13(16)10-12)18-9-8-11(2)3/h6-7,10-11H,4-5,8-9,16H2,1-3H3. The van der Waals surface area contributed by atoms with E-state index in [9.17, 15) is 4.79 Å². The van der Waals surface area contributed by atoms with Gasteiger partial charge < -0.3 is 10.5 Å². The monoisotopic (exact) mass is 249 g/mol. The molecule has 0 aromatic heterocycles. The number of carbonyl (C=O) groups excluding carboxylic acids is 1. The summed E-state index contributed by atoms with van der Waals surface area (Å²) in [5, 5.41) is 0. The second-order valence-electron chi connectivity index (χ2n) is 4.96. The minimum Gasteiger partial charge on any atom is -0.491 e. The molecule has 0 saturated carbocycles. The number of ketones is 1. The Morgan fingerprint density at radius 3 is 2.67 bits per heavy atom. The molecule has 0 fully saturated rings. The summed E-state index contributed by atoms with van der Waals surface area (Å²) in [6.45, 7) is 6.95. The summed E-state index contributed by atoms with van der Waals surface area (Å²) >= 11 is 0. The number of hydrogen-bond acceptors (Lipinski definition) is 3. The fourth-order valence-electron chi connectivity index (χ4n) is 1.63. The topological polar surface area (TPSA) is 52.3 Å². The molecule has 2 N–H and O–H groups in total. The van der Waals surface area contributed by atoms with Crippen LogP contribution in [0.3, 0.4) is 0 Å². The van der Waals surface area contributed by atoms with Crippen LogP contribution in [0, 0.1) is 5.92 Å². The van der Waals surface area contributed by atoms with Crippen molar-refractivity contribution in [3.05, 3.63) is 23.8 Å².